The van der Waals surface area contributed by atoms with E-state index in [9.17, 15) is 9.59 Å². The number of carbonyl (C=O) groups excluding carboxylic acids is 2. The molecule has 0 saturated carbocycles. The maximum Gasteiger partial charge on any atom is 0.251 e. The van der Waals surface area contributed by atoms with Gasteiger partial charge in [0.15, 0.2) is 0 Å². The van der Waals surface area contributed by atoms with Crippen molar-refractivity contribution in [2.75, 3.05) is 13.2 Å². The lowest BCUT2D eigenvalue weighted by Gasteiger charge is -2.29. The highest BCUT2D eigenvalue weighted by Crippen LogP contribution is 2.08. The number of benzene rings is 1. The highest BCUT2D eigenvalue weighted by Gasteiger charge is 2.27. The number of hydrogen-bond donors (Lipinski definition) is 3. The van der Waals surface area contributed by atoms with Crippen molar-refractivity contribution in [3.8, 4) is 0 Å². The number of carbonyl (C=O) groups is 2. The zero-order valence-electron chi connectivity index (χ0n) is 15.0. The Kier molecular flexibility index (Phi) is 8.89. The van der Waals surface area contributed by atoms with Crippen LogP contribution in [0.3, 0.4) is 0 Å². The number of halogens is 1. The maximum atomic E-state index is 12.3. The van der Waals surface area contributed by atoms with Crippen LogP contribution in [-0.4, -0.2) is 43.2 Å². The summed E-state index contributed by atoms with van der Waals surface area (Å²) in [6.07, 6.45) is 0.738. The Morgan fingerprint density at radius 2 is 2.16 bits per heavy atom. The molecule has 1 heterocycles. The number of ether oxygens (including phenoxy) is 1. The van der Waals surface area contributed by atoms with Gasteiger partial charge >= 0.3 is 0 Å². The van der Waals surface area contributed by atoms with Gasteiger partial charge in [-0.25, -0.2) is 0 Å². The summed E-state index contributed by atoms with van der Waals surface area (Å²) in [5.74, 6) is -0.176. The van der Waals surface area contributed by atoms with Crippen LogP contribution in [0.2, 0.25) is 0 Å². The lowest BCUT2D eigenvalue weighted by atomic mass is 10.1. The lowest BCUT2D eigenvalue weighted by Crippen LogP contribution is -2.55. The summed E-state index contributed by atoms with van der Waals surface area (Å²) < 4.78 is 5.49. The van der Waals surface area contributed by atoms with Crippen LogP contribution in [0.15, 0.2) is 24.3 Å². The Morgan fingerprint density at radius 1 is 1.40 bits per heavy atom. The third kappa shape index (κ3) is 6.30. The van der Waals surface area contributed by atoms with Crippen LogP contribution in [0.4, 0.5) is 0 Å². The van der Waals surface area contributed by atoms with Gasteiger partial charge in [0.05, 0.1) is 12.7 Å². The van der Waals surface area contributed by atoms with E-state index >= 15 is 0 Å². The van der Waals surface area contributed by atoms with E-state index in [0.29, 0.717) is 25.3 Å². The van der Waals surface area contributed by atoms with E-state index in [1.165, 1.54) is 0 Å². The van der Waals surface area contributed by atoms with Gasteiger partial charge in [-0.05, 0) is 38.0 Å². The van der Waals surface area contributed by atoms with Crippen LogP contribution < -0.4 is 16.0 Å². The maximum absolute atomic E-state index is 12.3. The molecule has 0 spiro atoms. The second kappa shape index (κ2) is 10.4. The van der Waals surface area contributed by atoms with Gasteiger partial charge in [0.1, 0.15) is 6.04 Å². The SMILES string of the molecule is CCC(C)NC(=O)c1cccc(CNC(=O)[C@H]2NCCO[C@@H]2C)c1.Cl. The van der Waals surface area contributed by atoms with Crippen molar-refractivity contribution in [3.05, 3.63) is 35.4 Å². The smallest absolute Gasteiger partial charge is 0.251 e. The Balaban J connectivity index is 0.00000312. The molecule has 0 aliphatic carbocycles. The quantitative estimate of drug-likeness (QED) is 0.712. The first-order valence-electron chi connectivity index (χ1n) is 8.53. The second-order valence-electron chi connectivity index (χ2n) is 6.21. The minimum Gasteiger partial charge on any atom is -0.375 e. The van der Waals surface area contributed by atoms with Crippen molar-refractivity contribution in [2.45, 2.75) is 51.9 Å². The summed E-state index contributed by atoms with van der Waals surface area (Å²) in [6.45, 7) is 7.57. The third-order valence-corrected chi connectivity index (χ3v) is 4.24. The molecule has 1 saturated heterocycles. The summed E-state index contributed by atoms with van der Waals surface area (Å²) in [7, 11) is 0. The Bertz CT molecular complexity index is 582. The molecular weight excluding hydrogens is 342 g/mol. The number of nitrogens with one attached hydrogen (secondary N) is 3. The number of rotatable bonds is 6. The molecule has 0 radical (unpaired) electrons. The van der Waals surface area contributed by atoms with Crippen LogP contribution >= 0.6 is 12.4 Å². The van der Waals surface area contributed by atoms with E-state index in [1.54, 1.807) is 6.07 Å². The first-order valence-corrected chi connectivity index (χ1v) is 8.53. The van der Waals surface area contributed by atoms with Crippen LogP contribution in [0.5, 0.6) is 0 Å². The minimum atomic E-state index is -0.337. The molecule has 7 heteroatoms. The molecule has 1 aromatic carbocycles. The molecule has 2 amide bonds. The molecule has 3 atom stereocenters. The van der Waals surface area contributed by atoms with Gasteiger partial charge < -0.3 is 20.7 Å². The third-order valence-electron chi connectivity index (χ3n) is 4.24. The fourth-order valence-corrected chi connectivity index (χ4v) is 2.56. The molecule has 1 aliphatic rings. The summed E-state index contributed by atoms with van der Waals surface area (Å²) in [4.78, 5) is 24.4. The van der Waals surface area contributed by atoms with Gasteiger partial charge in [-0.3, -0.25) is 9.59 Å². The number of amides is 2. The van der Waals surface area contributed by atoms with Gasteiger partial charge in [0, 0.05) is 24.7 Å². The highest BCUT2D eigenvalue weighted by molar-refractivity contribution is 5.94. The van der Waals surface area contributed by atoms with Gasteiger partial charge in [0.2, 0.25) is 5.91 Å². The second-order valence-corrected chi connectivity index (χ2v) is 6.21. The first-order chi connectivity index (χ1) is 11.5. The Labute approximate surface area is 155 Å². The zero-order chi connectivity index (χ0) is 17.5. The van der Waals surface area contributed by atoms with E-state index in [-0.39, 0.29) is 42.4 Å². The number of hydrogen-bond acceptors (Lipinski definition) is 4. The molecule has 0 bridgehead atoms. The molecule has 1 aliphatic heterocycles. The van der Waals surface area contributed by atoms with Crippen LogP contribution in [0.1, 0.15) is 43.1 Å². The molecule has 25 heavy (non-hydrogen) atoms. The fourth-order valence-electron chi connectivity index (χ4n) is 2.56. The Morgan fingerprint density at radius 3 is 2.84 bits per heavy atom. The first kappa shape index (κ1) is 21.4. The Hall–Kier alpha value is -1.63. The van der Waals surface area contributed by atoms with Crippen LogP contribution in [-0.2, 0) is 16.1 Å². The van der Waals surface area contributed by atoms with E-state index in [4.69, 9.17) is 4.74 Å². The largest absolute Gasteiger partial charge is 0.375 e. The lowest BCUT2D eigenvalue weighted by molar-refractivity contribution is -0.129. The van der Waals surface area contributed by atoms with Gasteiger partial charge in [-0.2, -0.15) is 0 Å². The molecule has 1 unspecified atom stereocenters. The molecular formula is C18H28ClN3O3. The van der Waals surface area contributed by atoms with Crippen molar-refractivity contribution >= 4 is 24.2 Å². The normalized spacial score (nSPS) is 20.9. The van der Waals surface area contributed by atoms with E-state index in [1.807, 2.05) is 39.0 Å². The van der Waals surface area contributed by atoms with E-state index < -0.39 is 0 Å². The van der Waals surface area contributed by atoms with E-state index in [0.717, 1.165) is 12.0 Å². The van der Waals surface area contributed by atoms with Gasteiger partial charge in [-0.1, -0.05) is 19.1 Å². The summed E-state index contributed by atoms with van der Waals surface area (Å²) in [5.41, 5.74) is 1.50. The predicted molar refractivity (Wildman–Crippen MR) is 100.0 cm³/mol. The fraction of sp³-hybridized carbons (Fsp3) is 0.556. The van der Waals surface area contributed by atoms with Crippen molar-refractivity contribution in [3.63, 3.8) is 0 Å². The molecule has 1 fully saturated rings. The van der Waals surface area contributed by atoms with Crippen molar-refractivity contribution in [2.24, 2.45) is 0 Å². The van der Waals surface area contributed by atoms with Crippen molar-refractivity contribution in [1.29, 1.82) is 0 Å². The topological polar surface area (TPSA) is 79.5 Å². The summed E-state index contributed by atoms with van der Waals surface area (Å²) >= 11 is 0. The standard InChI is InChI=1S/C18H27N3O3.ClH/c1-4-12(2)21-17(22)15-7-5-6-14(10-15)11-20-18(23)16-13(3)24-9-8-19-16;/h5-7,10,12-13,16,19H,4,8-9,11H2,1-3H3,(H,20,23)(H,21,22);1H/t12?,13-,16+;/m1./s1. The summed E-state index contributed by atoms with van der Waals surface area (Å²) in [6, 6.07) is 7.12. The van der Waals surface area contributed by atoms with Crippen LogP contribution in [0.25, 0.3) is 0 Å². The van der Waals surface area contributed by atoms with Crippen molar-refractivity contribution in [1.82, 2.24) is 16.0 Å². The van der Waals surface area contributed by atoms with Crippen LogP contribution in [0, 0.1) is 0 Å². The minimum absolute atomic E-state index is 0. The van der Waals surface area contributed by atoms with Gasteiger partial charge in [0.25, 0.3) is 5.91 Å². The van der Waals surface area contributed by atoms with E-state index in [2.05, 4.69) is 16.0 Å². The van der Waals surface area contributed by atoms with Crippen molar-refractivity contribution < 1.29 is 14.3 Å². The molecule has 6 nitrogen and oxygen atoms in total. The summed E-state index contributed by atoms with van der Waals surface area (Å²) in [5, 5.41) is 9.01. The molecule has 0 aromatic heterocycles. The monoisotopic (exact) mass is 369 g/mol. The molecule has 1 aromatic rings. The number of morpholine rings is 1. The average Bonchev–Trinajstić information content (AvgIpc) is 2.60. The molecule has 140 valence electrons. The average molecular weight is 370 g/mol. The predicted octanol–water partition coefficient (Wildman–Crippen LogP) is 1.63. The zero-order valence-corrected chi connectivity index (χ0v) is 15.8. The molecule has 3 N–H and O–H groups in total. The van der Waals surface area contributed by atoms with Gasteiger partial charge in [-0.15, -0.1) is 12.4 Å². The highest BCUT2D eigenvalue weighted by atomic mass is 35.5. The molecule has 2 rings (SSSR count).